The molecule has 1 aliphatic rings. The third-order valence-corrected chi connectivity index (χ3v) is 2.70. The molecule has 1 N–H and O–H groups in total. The van der Waals surface area contributed by atoms with Gasteiger partial charge in [0.1, 0.15) is 0 Å². The summed E-state index contributed by atoms with van der Waals surface area (Å²) in [5.74, 6) is 0.681. The van der Waals surface area contributed by atoms with Gasteiger partial charge in [0, 0.05) is 0 Å². The molecule has 0 aromatic carbocycles. The molecule has 1 atom stereocenters. The Morgan fingerprint density at radius 1 is 1.75 bits per heavy atom. The lowest BCUT2D eigenvalue weighted by Crippen LogP contribution is -2.06. The molecule has 0 fully saturated rings. The summed E-state index contributed by atoms with van der Waals surface area (Å²) < 4.78 is 0. The third kappa shape index (κ3) is 2.49. The first-order valence-corrected chi connectivity index (χ1v) is 4.67. The van der Waals surface area contributed by atoms with Gasteiger partial charge in [0.25, 0.3) is 0 Å². The first kappa shape index (κ1) is 9.53. The predicted molar refractivity (Wildman–Crippen MR) is 51.9 cm³/mol. The lowest BCUT2D eigenvalue weighted by molar-refractivity contribution is 0.340. The number of hydrogen-bond donors (Lipinski definition) is 1. The molecule has 68 valence electrons. The van der Waals surface area contributed by atoms with Crippen molar-refractivity contribution in [3.8, 4) is 0 Å². The van der Waals surface area contributed by atoms with Crippen molar-refractivity contribution in [1.82, 2.24) is 0 Å². The van der Waals surface area contributed by atoms with Gasteiger partial charge in [-0.15, -0.1) is 0 Å². The van der Waals surface area contributed by atoms with Crippen LogP contribution in [0.3, 0.4) is 0 Å². The molecule has 0 spiro atoms. The molecule has 0 aromatic rings. The Morgan fingerprint density at radius 3 is 3.00 bits per heavy atom. The number of hydrogen-bond acceptors (Lipinski definition) is 1. The number of aliphatic hydroxyl groups excluding tert-OH is 1. The van der Waals surface area contributed by atoms with Gasteiger partial charge in [-0.2, -0.15) is 0 Å². The SMILES string of the molecule is CC1=CCC(/C(C)=C/CO)CC1. The van der Waals surface area contributed by atoms with E-state index < -0.39 is 0 Å². The molecule has 12 heavy (non-hydrogen) atoms. The molecular formula is C11H18O. The minimum atomic E-state index is 0.186. The van der Waals surface area contributed by atoms with E-state index in [4.69, 9.17) is 5.11 Å². The standard InChI is InChI=1S/C11H18O/c1-9-3-5-11(6-4-9)10(2)7-8-12/h3,7,11-12H,4-6,8H2,1-2H3/b10-7+. The fourth-order valence-electron chi connectivity index (χ4n) is 1.69. The molecule has 1 rings (SSSR count). The molecule has 1 nitrogen and oxygen atoms in total. The van der Waals surface area contributed by atoms with E-state index in [1.165, 1.54) is 24.0 Å². The van der Waals surface area contributed by atoms with Crippen molar-refractivity contribution in [1.29, 1.82) is 0 Å². The van der Waals surface area contributed by atoms with Gasteiger partial charge >= 0.3 is 0 Å². The Labute approximate surface area is 74.8 Å². The second-order valence-corrected chi connectivity index (χ2v) is 3.65. The maximum atomic E-state index is 8.73. The highest BCUT2D eigenvalue weighted by atomic mass is 16.2. The lowest BCUT2D eigenvalue weighted by Gasteiger charge is -2.20. The minimum Gasteiger partial charge on any atom is -0.392 e. The Balaban J connectivity index is 2.51. The second kappa shape index (κ2) is 4.46. The van der Waals surface area contributed by atoms with E-state index in [2.05, 4.69) is 19.9 Å². The van der Waals surface area contributed by atoms with Crippen molar-refractivity contribution in [2.75, 3.05) is 6.61 Å². The first-order chi connectivity index (χ1) is 5.74. The van der Waals surface area contributed by atoms with Crippen LogP contribution < -0.4 is 0 Å². The maximum Gasteiger partial charge on any atom is 0.0615 e. The Morgan fingerprint density at radius 2 is 2.50 bits per heavy atom. The highest BCUT2D eigenvalue weighted by Gasteiger charge is 2.13. The van der Waals surface area contributed by atoms with Crippen LogP contribution >= 0.6 is 0 Å². The average molecular weight is 166 g/mol. The van der Waals surface area contributed by atoms with Crippen LogP contribution in [-0.2, 0) is 0 Å². The van der Waals surface area contributed by atoms with Crippen molar-refractivity contribution in [2.24, 2.45) is 5.92 Å². The fraction of sp³-hybridized carbons (Fsp3) is 0.636. The summed E-state index contributed by atoms with van der Waals surface area (Å²) in [4.78, 5) is 0. The van der Waals surface area contributed by atoms with Crippen molar-refractivity contribution < 1.29 is 5.11 Å². The normalized spacial score (nSPS) is 25.4. The minimum absolute atomic E-state index is 0.186. The molecule has 0 heterocycles. The van der Waals surface area contributed by atoms with E-state index in [1.807, 2.05) is 6.08 Å². The zero-order valence-electron chi connectivity index (χ0n) is 8.01. The van der Waals surface area contributed by atoms with E-state index >= 15 is 0 Å². The van der Waals surface area contributed by atoms with E-state index in [9.17, 15) is 0 Å². The summed E-state index contributed by atoms with van der Waals surface area (Å²) in [5, 5.41) is 8.73. The molecular weight excluding hydrogens is 148 g/mol. The van der Waals surface area contributed by atoms with Crippen LogP contribution in [0.4, 0.5) is 0 Å². The topological polar surface area (TPSA) is 20.2 Å². The highest BCUT2D eigenvalue weighted by molar-refractivity contribution is 5.12. The fourth-order valence-corrected chi connectivity index (χ4v) is 1.69. The largest absolute Gasteiger partial charge is 0.392 e. The molecule has 0 saturated heterocycles. The summed E-state index contributed by atoms with van der Waals surface area (Å²) >= 11 is 0. The van der Waals surface area contributed by atoms with Crippen molar-refractivity contribution in [2.45, 2.75) is 33.1 Å². The molecule has 0 aliphatic heterocycles. The monoisotopic (exact) mass is 166 g/mol. The second-order valence-electron chi connectivity index (χ2n) is 3.65. The van der Waals surface area contributed by atoms with Crippen LogP contribution in [0.5, 0.6) is 0 Å². The van der Waals surface area contributed by atoms with Crippen molar-refractivity contribution in [3.05, 3.63) is 23.3 Å². The average Bonchev–Trinajstić information content (AvgIpc) is 2.06. The summed E-state index contributed by atoms with van der Waals surface area (Å²) in [6.45, 7) is 4.50. The third-order valence-electron chi connectivity index (χ3n) is 2.70. The molecule has 1 heteroatoms. The highest BCUT2D eigenvalue weighted by Crippen LogP contribution is 2.28. The van der Waals surface area contributed by atoms with Gasteiger partial charge in [0.2, 0.25) is 0 Å². The van der Waals surface area contributed by atoms with Gasteiger partial charge in [-0.3, -0.25) is 0 Å². The smallest absolute Gasteiger partial charge is 0.0615 e. The Kier molecular flexibility index (Phi) is 3.54. The van der Waals surface area contributed by atoms with Crippen LogP contribution in [0.25, 0.3) is 0 Å². The van der Waals surface area contributed by atoms with E-state index in [0.29, 0.717) is 5.92 Å². The Hall–Kier alpha value is -0.560. The predicted octanol–water partition coefficient (Wildman–Crippen LogP) is 2.67. The maximum absolute atomic E-state index is 8.73. The number of allylic oxidation sites excluding steroid dienone is 3. The van der Waals surface area contributed by atoms with Crippen LogP contribution in [0.15, 0.2) is 23.3 Å². The molecule has 1 unspecified atom stereocenters. The summed E-state index contributed by atoms with van der Waals surface area (Å²) in [7, 11) is 0. The van der Waals surface area contributed by atoms with Crippen LogP contribution in [-0.4, -0.2) is 11.7 Å². The number of rotatable bonds is 2. The van der Waals surface area contributed by atoms with Gasteiger partial charge in [-0.1, -0.05) is 23.3 Å². The summed E-state index contributed by atoms with van der Waals surface area (Å²) in [6, 6.07) is 0. The lowest BCUT2D eigenvalue weighted by atomic mass is 9.85. The van der Waals surface area contributed by atoms with Crippen LogP contribution in [0.2, 0.25) is 0 Å². The van der Waals surface area contributed by atoms with E-state index in [-0.39, 0.29) is 6.61 Å². The van der Waals surface area contributed by atoms with Gasteiger partial charge in [-0.05, 0) is 39.0 Å². The molecule has 0 amide bonds. The van der Waals surface area contributed by atoms with Crippen molar-refractivity contribution in [3.63, 3.8) is 0 Å². The molecule has 0 saturated carbocycles. The molecule has 0 aromatic heterocycles. The zero-order chi connectivity index (χ0) is 8.97. The van der Waals surface area contributed by atoms with Gasteiger partial charge < -0.3 is 5.11 Å². The number of aliphatic hydroxyl groups is 1. The van der Waals surface area contributed by atoms with E-state index in [0.717, 1.165) is 6.42 Å². The van der Waals surface area contributed by atoms with Crippen LogP contribution in [0, 0.1) is 5.92 Å². The summed E-state index contributed by atoms with van der Waals surface area (Å²) in [6.07, 6.45) is 7.89. The van der Waals surface area contributed by atoms with E-state index in [1.54, 1.807) is 0 Å². The summed E-state index contributed by atoms with van der Waals surface area (Å²) in [5.41, 5.74) is 2.87. The molecule has 0 radical (unpaired) electrons. The zero-order valence-corrected chi connectivity index (χ0v) is 8.01. The van der Waals surface area contributed by atoms with Gasteiger partial charge in [0.05, 0.1) is 6.61 Å². The van der Waals surface area contributed by atoms with Gasteiger partial charge in [0.15, 0.2) is 0 Å². The molecule has 0 bridgehead atoms. The Bertz CT molecular complexity index is 201. The quantitative estimate of drug-likeness (QED) is 0.625. The van der Waals surface area contributed by atoms with Crippen molar-refractivity contribution >= 4 is 0 Å². The first-order valence-electron chi connectivity index (χ1n) is 4.67. The molecule has 1 aliphatic carbocycles. The van der Waals surface area contributed by atoms with Crippen LogP contribution in [0.1, 0.15) is 33.1 Å². The van der Waals surface area contributed by atoms with Gasteiger partial charge in [-0.25, -0.2) is 0 Å².